The Kier molecular flexibility index (Phi) is 3.69. The zero-order valence-electron chi connectivity index (χ0n) is 9.88. The first-order valence-electron chi connectivity index (χ1n) is 5.38. The zero-order valence-corrected chi connectivity index (χ0v) is 9.88. The largest absolute Gasteiger partial charge is 0.447 e. The number of nitro groups is 1. The molecule has 0 atom stereocenters. The van der Waals surface area contributed by atoms with Crippen LogP contribution in [0.3, 0.4) is 0 Å². The van der Waals surface area contributed by atoms with Crippen molar-refractivity contribution in [3.63, 3.8) is 0 Å². The molecule has 0 aliphatic carbocycles. The van der Waals surface area contributed by atoms with Crippen LogP contribution in [-0.2, 0) is 0 Å². The first-order chi connectivity index (χ1) is 9.51. The van der Waals surface area contributed by atoms with Crippen molar-refractivity contribution >= 4 is 12.0 Å². The fourth-order valence-corrected chi connectivity index (χ4v) is 1.51. The Balaban J connectivity index is 2.39. The normalized spacial score (nSPS) is 10.1. The van der Waals surface area contributed by atoms with E-state index in [4.69, 9.17) is 4.74 Å². The second kappa shape index (κ2) is 5.43. The lowest BCUT2D eigenvalue weighted by Gasteiger charge is -2.07. The predicted octanol–water partition coefficient (Wildman–Crippen LogP) is 3.48. The maximum Gasteiger partial charge on any atom is 0.314 e. The van der Waals surface area contributed by atoms with Crippen molar-refractivity contribution < 1.29 is 23.2 Å². The molecule has 2 aromatic carbocycles. The molecule has 0 bridgehead atoms. The van der Waals surface area contributed by atoms with Crippen LogP contribution in [0.15, 0.2) is 36.4 Å². The lowest BCUT2D eigenvalue weighted by molar-refractivity contribution is -0.385. The molecular weight excluding hydrogens is 272 g/mol. The quantitative estimate of drug-likeness (QED) is 0.488. The highest BCUT2D eigenvalue weighted by atomic mass is 19.1. The lowest BCUT2D eigenvalue weighted by Crippen LogP contribution is -1.96. The van der Waals surface area contributed by atoms with Crippen molar-refractivity contribution in [2.45, 2.75) is 0 Å². The van der Waals surface area contributed by atoms with Crippen LogP contribution in [0.1, 0.15) is 10.4 Å². The summed E-state index contributed by atoms with van der Waals surface area (Å²) in [6, 6.07) is 6.04. The van der Waals surface area contributed by atoms with Gasteiger partial charge in [0.05, 0.1) is 11.0 Å². The first-order valence-corrected chi connectivity index (χ1v) is 5.38. The SMILES string of the molecule is O=Cc1ccc(Oc2ccc(F)cc2[N+](=O)[O-])c(F)c1. The number of halogens is 2. The molecule has 2 aromatic rings. The van der Waals surface area contributed by atoms with Crippen LogP contribution in [0.2, 0.25) is 0 Å². The molecule has 5 nitrogen and oxygen atoms in total. The molecule has 0 spiro atoms. The number of hydrogen-bond donors (Lipinski definition) is 0. The van der Waals surface area contributed by atoms with Crippen LogP contribution >= 0.6 is 0 Å². The number of ether oxygens (including phenoxy) is 1. The molecule has 2 rings (SSSR count). The lowest BCUT2D eigenvalue weighted by atomic mass is 10.2. The number of aldehydes is 1. The van der Waals surface area contributed by atoms with E-state index in [0.29, 0.717) is 12.4 Å². The van der Waals surface area contributed by atoms with Crippen LogP contribution in [-0.4, -0.2) is 11.2 Å². The summed E-state index contributed by atoms with van der Waals surface area (Å²) in [6.45, 7) is 0. The van der Waals surface area contributed by atoms with Gasteiger partial charge in [-0.25, -0.2) is 8.78 Å². The van der Waals surface area contributed by atoms with E-state index in [1.54, 1.807) is 0 Å². The minimum atomic E-state index is -0.853. The number of carbonyl (C=O) groups is 1. The van der Waals surface area contributed by atoms with Gasteiger partial charge < -0.3 is 4.74 Å². The molecule has 0 amide bonds. The molecule has 0 N–H and O–H groups in total. The Hall–Kier alpha value is -2.83. The molecule has 0 aromatic heterocycles. The number of nitro benzene ring substituents is 1. The Morgan fingerprint density at radius 3 is 2.40 bits per heavy atom. The predicted molar refractivity (Wildman–Crippen MR) is 64.9 cm³/mol. The topological polar surface area (TPSA) is 69.4 Å². The Morgan fingerprint density at radius 1 is 1.10 bits per heavy atom. The highest BCUT2D eigenvalue weighted by Gasteiger charge is 2.18. The molecule has 0 saturated carbocycles. The molecule has 0 saturated heterocycles. The molecule has 0 fully saturated rings. The van der Waals surface area contributed by atoms with Crippen molar-refractivity contribution in [3.8, 4) is 11.5 Å². The maximum absolute atomic E-state index is 13.6. The summed E-state index contributed by atoms with van der Waals surface area (Å²) >= 11 is 0. The van der Waals surface area contributed by atoms with Crippen molar-refractivity contribution in [2.24, 2.45) is 0 Å². The summed E-state index contributed by atoms with van der Waals surface area (Å²) < 4.78 is 31.6. The van der Waals surface area contributed by atoms with E-state index in [0.717, 1.165) is 24.3 Å². The van der Waals surface area contributed by atoms with E-state index >= 15 is 0 Å². The Bertz CT molecular complexity index is 688. The summed E-state index contributed by atoms with van der Waals surface area (Å²) in [5, 5.41) is 10.8. The van der Waals surface area contributed by atoms with Gasteiger partial charge in [0.25, 0.3) is 0 Å². The van der Waals surface area contributed by atoms with Crippen LogP contribution in [0, 0.1) is 21.7 Å². The van der Waals surface area contributed by atoms with E-state index in [2.05, 4.69) is 0 Å². The highest BCUT2D eigenvalue weighted by Crippen LogP contribution is 2.33. The third-order valence-corrected chi connectivity index (χ3v) is 2.43. The third-order valence-electron chi connectivity index (χ3n) is 2.43. The molecule has 0 heterocycles. The van der Waals surface area contributed by atoms with E-state index < -0.39 is 22.2 Å². The van der Waals surface area contributed by atoms with Gasteiger partial charge in [0, 0.05) is 5.56 Å². The molecular formula is C13H7F2NO4. The molecule has 7 heteroatoms. The monoisotopic (exact) mass is 279 g/mol. The first kappa shape index (κ1) is 13.6. The van der Waals surface area contributed by atoms with Crippen LogP contribution in [0.4, 0.5) is 14.5 Å². The van der Waals surface area contributed by atoms with Gasteiger partial charge in [-0.1, -0.05) is 0 Å². The second-order valence-corrected chi connectivity index (χ2v) is 3.78. The highest BCUT2D eigenvalue weighted by molar-refractivity contribution is 5.75. The standard InChI is InChI=1S/C13H7F2NO4/c14-9-2-4-13(11(6-9)16(18)19)20-12-3-1-8(7-17)5-10(12)15/h1-7H. The van der Waals surface area contributed by atoms with E-state index in [1.165, 1.54) is 6.07 Å². The van der Waals surface area contributed by atoms with Crippen molar-refractivity contribution in [1.82, 2.24) is 0 Å². The Morgan fingerprint density at radius 2 is 1.80 bits per heavy atom. The van der Waals surface area contributed by atoms with Crippen molar-refractivity contribution in [3.05, 3.63) is 63.7 Å². The molecule has 0 radical (unpaired) electrons. The van der Waals surface area contributed by atoms with Crippen molar-refractivity contribution in [2.75, 3.05) is 0 Å². The van der Waals surface area contributed by atoms with Gasteiger partial charge in [-0.2, -0.15) is 0 Å². The van der Waals surface area contributed by atoms with Gasteiger partial charge in [-0.05, 0) is 30.3 Å². The number of benzene rings is 2. The molecule has 20 heavy (non-hydrogen) atoms. The average molecular weight is 279 g/mol. The van der Waals surface area contributed by atoms with Crippen LogP contribution in [0.25, 0.3) is 0 Å². The summed E-state index contributed by atoms with van der Waals surface area (Å²) in [5.41, 5.74) is -0.521. The molecule has 102 valence electrons. The van der Waals surface area contributed by atoms with Gasteiger partial charge in [0.1, 0.15) is 12.1 Å². The maximum atomic E-state index is 13.6. The average Bonchev–Trinajstić information content (AvgIpc) is 2.42. The van der Waals surface area contributed by atoms with Crippen molar-refractivity contribution in [1.29, 1.82) is 0 Å². The van der Waals surface area contributed by atoms with Gasteiger partial charge >= 0.3 is 5.69 Å². The summed E-state index contributed by atoms with van der Waals surface area (Å²) in [7, 11) is 0. The van der Waals surface area contributed by atoms with Gasteiger partial charge in [-0.15, -0.1) is 0 Å². The summed E-state index contributed by atoms with van der Waals surface area (Å²) in [6.07, 6.45) is 0.452. The van der Waals surface area contributed by atoms with E-state index in [1.807, 2.05) is 0 Å². The van der Waals surface area contributed by atoms with Gasteiger partial charge in [0.2, 0.25) is 5.75 Å². The van der Waals surface area contributed by atoms with Crippen LogP contribution in [0.5, 0.6) is 11.5 Å². The fourth-order valence-electron chi connectivity index (χ4n) is 1.51. The molecule has 0 aliphatic heterocycles. The Labute approximate surface area is 111 Å². The summed E-state index contributed by atoms with van der Waals surface area (Å²) in [4.78, 5) is 20.4. The van der Waals surface area contributed by atoms with E-state index in [9.17, 15) is 23.7 Å². The van der Waals surface area contributed by atoms with E-state index in [-0.39, 0.29) is 17.1 Å². The number of hydrogen-bond acceptors (Lipinski definition) is 4. The molecule has 0 unspecified atom stereocenters. The minimum absolute atomic E-state index is 0.100. The second-order valence-electron chi connectivity index (χ2n) is 3.78. The fraction of sp³-hybridized carbons (Fsp3) is 0. The zero-order chi connectivity index (χ0) is 14.7. The number of nitrogens with zero attached hydrogens (tertiary/aromatic N) is 1. The summed E-state index contributed by atoms with van der Waals surface area (Å²) in [5.74, 6) is -2.26. The number of carbonyl (C=O) groups excluding carboxylic acids is 1. The van der Waals surface area contributed by atoms with Gasteiger partial charge in [-0.3, -0.25) is 14.9 Å². The third kappa shape index (κ3) is 2.77. The number of rotatable bonds is 4. The smallest absolute Gasteiger partial charge is 0.314 e. The van der Waals surface area contributed by atoms with Crippen LogP contribution < -0.4 is 4.74 Å². The van der Waals surface area contributed by atoms with Gasteiger partial charge in [0.15, 0.2) is 11.6 Å². The minimum Gasteiger partial charge on any atom is -0.447 e. The molecule has 0 aliphatic rings.